The van der Waals surface area contributed by atoms with Crippen LogP contribution in [0.1, 0.15) is 26.7 Å². The van der Waals surface area contributed by atoms with Gasteiger partial charge in [-0.05, 0) is 12.8 Å². The lowest BCUT2D eigenvalue weighted by Gasteiger charge is -2.14. The Labute approximate surface area is 84.0 Å². The number of rotatable bonds is 6. The average Bonchev–Trinajstić information content (AvgIpc) is 1.87. The molecule has 0 amide bonds. The normalized spacial score (nSPS) is 16.4. The lowest BCUT2D eigenvalue weighted by atomic mass is 10.4. The van der Waals surface area contributed by atoms with Crippen molar-refractivity contribution >= 4 is 35.0 Å². The third-order valence-corrected chi connectivity index (χ3v) is 3.33. The number of hydrogen-bond acceptors (Lipinski definition) is 1. The smallest absolute Gasteiger partial charge is 0.0233 e. The van der Waals surface area contributed by atoms with E-state index in [0.717, 1.165) is 24.6 Å². The van der Waals surface area contributed by atoms with Gasteiger partial charge < -0.3 is 0 Å². The van der Waals surface area contributed by atoms with E-state index in [-0.39, 0.29) is 0 Å². The van der Waals surface area contributed by atoms with Crippen LogP contribution in [-0.2, 0) is 0 Å². The van der Waals surface area contributed by atoms with E-state index in [1.807, 2.05) is 11.8 Å². The van der Waals surface area contributed by atoms with Crippen molar-refractivity contribution in [3.63, 3.8) is 0 Å². The summed E-state index contributed by atoms with van der Waals surface area (Å²) in [5.74, 6) is 1.53. The minimum absolute atomic E-state index is 0.672. The van der Waals surface area contributed by atoms with Crippen LogP contribution in [0.5, 0.6) is 0 Å². The van der Waals surface area contributed by atoms with Gasteiger partial charge in [0.15, 0.2) is 0 Å². The number of halogens is 2. The maximum atomic E-state index is 5.62. The van der Waals surface area contributed by atoms with Gasteiger partial charge in [-0.1, -0.05) is 13.8 Å². The Morgan fingerprint density at radius 3 is 1.64 bits per heavy atom. The predicted octanol–water partition coefficient (Wildman–Crippen LogP) is 3.75. The number of hydrogen-bond donors (Lipinski definition) is 0. The average molecular weight is 215 g/mol. The van der Waals surface area contributed by atoms with E-state index in [1.54, 1.807) is 0 Å². The fraction of sp³-hybridized carbons (Fsp3) is 1.00. The maximum Gasteiger partial charge on any atom is 0.0233 e. The number of alkyl halides is 2. The fourth-order valence-corrected chi connectivity index (χ4v) is 3.05. The quantitative estimate of drug-likeness (QED) is 0.608. The SMILES string of the molecule is CC(CCCl)SC(C)CCCl. The molecule has 0 aromatic heterocycles. The molecule has 0 bridgehead atoms. The molecule has 0 aliphatic heterocycles. The van der Waals surface area contributed by atoms with Crippen LogP contribution >= 0.6 is 35.0 Å². The van der Waals surface area contributed by atoms with Gasteiger partial charge in [0.05, 0.1) is 0 Å². The molecule has 0 radical (unpaired) electrons. The van der Waals surface area contributed by atoms with Gasteiger partial charge in [-0.15, -0.1) is 23.2 Å². The Morgan fingerprint density at radius 1 is 1.00 bits per heavy atom. The Morgan fingerprint density at radius 2 is 1.36 bits per heavy atom. The van der Waals surface area contributed by atoms with Crippen molar-refractivity contribution in [1.29, 1.82) is 0 Å². The van der Waals surface area contributed by atoms with Crippen molar-refractivity contribution in [1.82, 2.24) is 0 Å². The zero-order chi connectivity index (χ0) is 8.69. The van der Waals surface area contributed by atoms with Crippen LogP contribution < -0.4 is 0 Å². The van der Waals surface area contributed by atoms with E-state index in [0.29, 0.717) is 10.5 Å². The van der Waals surface area contributed by atoms with Crippen LogP contribution in [0.3, 0.4) is 0 Å². The molecule has 11 heavy (non-hydrogen) atoms. The molecule has 0 nitrogen and oxygen atoms in total. The molecule has 0 saturated carbocycles. The second-order valence-corrected chi connectivity index (χ2v) is 5.35. The van der Waals surface area contributed by atoms with Crippen molar-refractivity contribution < 1.29 is 0 Å². The molecular weight excluding hydrogens is 199 g/mol. The minimum Gasteiger partial charge on any atom is -0.156 e. The van der Waals surface area contributed by atoms with E-state index in [1.165, 1.54) is 0 Å². The summed E-state index contributed by atoms with van der Waals surface area (Å²) in [6.45, 7) is 4.44. The zero-order valence-corrected chi connectivity index (χ0v) is 9.48. The van der Waals surface area contributed by atoms with E-state index < -0.39 is 0 Å². The first-order chi connectivity index (χ1) is 5.20. The summed E-state index contributed by atoms with van der Waals surface area (Å²) < 4.78 is 0. The standard InChI is InChI=1S/C8H16Cl2S/c1-7(3-5-9)11-8(2)4-6-10/h7-8H,3-6H2,1-2H3. The summed E-state index contributed by atoms with van der Waals surface area (Å²) in [5, 5.41) is 1.34. The molecule has 0 fully saturated rings. The van der Waals surface area contributed by atoms with Crippen molar-refractivity contribution in [2.75, 3.05) is 11.8 Å². The fourth-order valence-electron chi connectivity index (χ4n) is 0.840. The second kappa shape index (κ2) is 7.57. The molecular formula is C8H16Cl2S. The van der Waals surface area contributed by atoms with Crippen LogP contribution in [0.2, 0.25) is 0 Å². The van der Waals surface area contributed by atoms with Crippen molar-refractivity contribution in [2.24, 2.45) is 0 Å². The van der Waals surface area contributed by atoms with Crippen LogP contribution in [0.4, 0.5) is 0 Å². The summed E-state index contributed by atoms with van der Waals surface area (Å²) in [7, 11) is 0. The molecule has 68 valence electrons. The first-order valence-corrected chi connectivity index (χ1v) is 5.99. The largest absolute Gasteiger partial charge is 0.156 e. The van der Waals surface area contributed by atoms with Gasteiger partial charge in [0.1, 0.15) is 0 Å². The second-order valence-electron chi connectivity index (χ2n) is 2.71. The molecule has 0 aromatic carbocycles. The third-order valence-electron chi connectivity index (χ3n) is 1.50. The molecule has 0 aromatic rings. The van der Waals surface area contributed by atoms with Crippen LogP contribution in [0.15, 0.2) is 0 Å². The van der Waals surface area contributed by atoms with Gasteiger partial charge in [0, 0.05) is 22.3 Å². The van der Waals surface area contributed by atoms with Gasteiger partial charge in [0.25, 0.3) is 0 Å². The van der Waals surface area contributed by atoms with Crippen molar-refractivity contribution in [3.05, 3.63) is 0 Å². The van der Waals surface area contributed by atoms with E-state index in [4.69, 9.17) is 23.2 Å². The number of thioether (sulfide) groups is 1. The molecule has 0 aliphatic rings. The minimum atomic E-state index is 0.672. The molecule has 0 rings (SSSR count). The van der Waals surface area contributed by atoms with Crippen LogP contribution in [0, 0.1) is 0 Å². The molecule has 3 heteroatoms. The Bertz CT molecular complexity index is 78.2. The van der Waals surface area contributed by atoms with Gasteiger partial charge >= 0.3 is 0 Å². The highest BCUT2D eigenvalue weighted by atomic mass is 35.5. The van der Waals surface area contributed by atoms with E-state index >= 15 is 0 Å². The Kier molecular flexibility index (Phi) is 8.21. The van der Waals surface area contributed by atoms with Gasteiger partial charge in [0.2, 0.25) is 0 Å². The highest BCUT2D eigenvalue weighted by Crippen LogP contribution is 2.22. The Balaban J connectivity index is 3.32. The monoisotopic (exact) mass is 214 g/mol. The Hall–Kier alpha value is 0.930. The molecule has 0 spiro atoms. The first kappa shape index (κ1) is 11.9. The molecule has 0 saturated heterocycles. The summed E-state index contributed by atoms with van der Waals surface area (Å²) >= 11 is 13.2. The summed E-state index contributed by atoms with van der Waals surface area (Å²) in [4.78, 5) is 0. The van der Waals surface area contributed by atoms with Crippen LogP contribution in [-0.4, -0.2) is 22.3 Å². The molecule has 2 atom stereocenters. The maximum absolute atomic E-state index is 5.62. The summed E-state index contributed by atoms with van der Waals surface area (Å²) in [6.07, 6.45) is 2.19. The van der Waals surface area contributed by atoms with Crippen LogP contribution in [0.25, 0.3) is 0 Å². The predicted molar refractivity (Wildman–Crippen MR) is 57.2 cm³/mol. The van der Waals surface area contributed by atoms with Gasteiger partial charge in [-0.2, -0.15) is 11.8 Å². The summed E-state index contributed by atoms with van der Waals surface area (Å²) in [6, 6.07) is 0. The van der Waals surface area contributed by atoms with Gasteiger partial charge in [-0.3, -0.25) is 0 Å². The van der Waals surface area contributed by atoms with E-state index in [2.05, 4.69) is 13.8 Å². The molecule has 2 unspecified atom stereocenters. The zero-order valence-electron chi connectivity index (χ0n) is 7.15. The highest BCUT2D eigenvalue weighted by Gasteiger charge is 2.07. The topological polar surface area (TPSA) is 0 Å². The lowest BCUT2D eigenvalue weighted by molar-refractivity contribution is 0.867. The molecule has 0 heterocycles. The van der Waals surface area contributed by atoms with E-state index in [9.17, 15) is 0 Å². The summed E-state index contributed by atoms with van der Waals surface area (Å²) in [5.41, 5.74) is 0. The third kappa shape index (κ3) is 7.30. The van der Waals surface area contributed by atoms with Crippen molar-refractivity contribution in [3.8, 4) is 0 Å². The molecule has 0 aliphatic carbocycles. The first-order valence-electron chi connectivity index (χ1n) is 3.98. The highest BCUT2D eigenvalue weighted by molar-refractivity contribution is 8.00. The van der Waals surface area contributed by atoms with Gasteiger partial charge in [-0.25, -0.2) is 0 Å². The lowest BCUT2D eigenvalue weighted by Crippen LogP contribution is -2.05. The molecule has 0 N–H and O–H groups in total. The van der Waals surface area contributed by atoms with Crippen molar-refractivity contribution in [2.45, 2.75) is 37.2 Å².